The SMILES string of the molecule is CCCCN(C)S(=O)(=O)c1ccc(CNCC(C)C)o1. The minimum absolute atomic E-state index is 0.0254. The average molecular weight is 302 g/mol. The van der Waals surface area contributed by atoms with Crippen molar-refractivity contribution in [2.75, 3.05) is 20.1 Å². The molecule has 0 atom stereocenters. The Morgan fingerprint density at radius 2 is 2.05 bits per heavy atom. The summed E-state index contributed by atoms with van der Waals surface area (Å²) in [6.45, 7) is 8.21. The van der Waals surface area contributed by atoms with Crippen molar-refractivity contribution in [1.29, 1.82) is 0 Å². The Balaban J connectivity index is 2.65. The van der Waals surface area contributed by atoms with Gasteiger partial charge in [0.05, 0.1) is 6.54 Å². The molecule has 0 radical (unpaired) electrons. The average Bonchev–Trinajstić information content (AvgIpc) is 2.84. The van der Waals surface area contributed by atoms with Crippen molar-refractivity contribution >= 4 is 10.0 Å². The van der Waals surface area contributed by atoms with Crippen LogP contribution in [0.3, 0.4) is 0 Å². The summed E-state index contributed by atoms with van der Waals surface area (Å²) in [5.74, 6) is 1.20. The van der Waals surface area contributed by atoms with E-state index in [1.165, 1.54) is 10.4 Å². The summed E-state index contributed by atoms with van der Waals surface area (Å²) in [7, 11) is -1.91. The first-order chi connectivity index (χ1) is 9.37. The van der Waals surface area contributed by atoms with Crippen LogP contribution in [-0.4, -0.2) is 32.9 Å². The fourth-order valence-corrected chi connectivity index (χ4v) is 2.86. The standard InChI is InChI=1S/C14H26N2O3S/c1-5-6-9-16(4)20(17,18)14-8-7-13(19-14)11-15-10-12(2)3/h7-8,12,15H,5-6,9-11H2,1-4H3. The van der Waals surface area contributed by atoms with Crippen molar-refractivity contribution in [3.8, 4) is 0 Å². The Morgan fingerprint density at radius 1 is 1.35 bits per heavy atom. The molecule has 0 aliphatic heterocycles. The van der Waals surface area contributed by atoms with Crippen LogP contribution < -0.4 is 5.32 Å². The van der Waals surface area contributed by atoms with Crippen molar-refractivity contribution in [3.05, 3.63) is 17.9 Å². The number of unbranched alkanes of at least 4 members (excludes halogenated alkanes) is 1. The van der Waals surface area contributed by atoms with Crippen LogP contribution in [0.1, 0.15) is 39.4 Å². The Labute approximate surface area is 122 Å². The highest BCUT2D eigenvalue weighted by molar-refractivity contribution is 7.89. The molecule has 0 saturated heterocycles. The third kappa shape index (κ3) is 4.92. The summed E-state index contributed by atoms with van der Waals surface area (Å²) in [6.07, 6.45) is 1.81. The van der Waals surface area contributed by atoms with Gasteiger partial charge in [0.15, 0.2) is 0 Å². The molecule has 5 nitrogen and oxygen atoms in total. The minimum Gasteiger partial charge on any atom is -0.447 e. The summed E-state index contributed by atoms with van der Waals surface area (Å²) in [5.41, 5.74) is 0. The number of rotatable bonds is 9. The molecule has 0 fully saturated rings. The first-order valence-corrected chi connectivity index (χ1v) is 8.57. The predicted molar refractivity (Wildman–Crippen MR) is 80.0 cm³/mol. The molecule has 1 rings (SSSR count). The van der Waals surface area contributed by atoms with E-state index in [0.29, 0.717) is 24.8 Å². The number of furan rings is 1. The van der Waals surface area contributed by atoms with Crippen molar-refractivity contribution in [3.63, 3.8) is 0 Å². The van der Waals surface area contributed by atoms with Crippen LogP contribution in [0.25, 0.3) is 0 Å². The Bertz CT molecular complexity index is 494. The van der Waals surface area contributed by atoms with Crippen LogP contribution >= 0.6 is 0 Å². The zero-order valence-electron chi connectivity index (χ0n) is 12.8. The van der Waals surface area contributed by atoms with Crippen molar-refractivity contribution < 1.29 is 12.8 Å². The van der Waals surface area contributed by atoms with Crippen molar-refractivity contribution in [2.24, 2.45) is 5.92 Å². The minimum atomic E-state index is -3.49. The third-order valence-corrected chi connectivity index (χ3v) is 4.71. The molecule has 20 heavy (non-hydrogen) atoms. The number of nitrogens with one attached hydrogen (secondary N) is 1. The fourth-order valence-electron chi connectivity index (χ4n) is 1.73. The molecule has 0 aliphatic rings. The van der Waals surface area contributed by atoms with Crippen LogP contribution in [0.2, 0.25) is 0 Å². The van der Waals surface area contributed by atoms with Gasteiger partial charge in [-0.15, -0.1) is 0 Å². The van der Waals surface area contributed by atoms with Crippen LogP contribution in [-0.2, 0) is 16.6 Å². The number of hydrogen-bond donors (Lipinski definition) is 1. The van der Waals surface area contributed by atoms with Gasteiger partial charge in [-0.3, -0.25) is 0 Å². The van der Waals surface area contributed by atoms with Gasteiger partial charge in [-0.1, -0.05) is 27.2 Å². The topological polar surface area (TPSA) is 62.6 Å². The molecule has 0 spiro atoms. The largest absolute Gasteiger partial charge is 0.447 e. The summed E-state index contributed by atoms with van der Waals surface area (Å²) in [5, 5.41) is 3.25. The van der Waals surface area contributed by atoms with Crippen LogP contribution in [0, 0.1) is 5.92 Å². The second-order valence-electron chi connectivity index (χ2n) is 5.43. The number of nitrogens with zero attached hydrogens (tertiary/aromatic N) is 1. The number of hydrogen-bond acceptors (Lipinski definition) is 4. The van der Waals surface area contributed by atoms with E-state index in [-0.39, 0.29) is 5.09 Å². The molecule has 1 heterocycles. The highest BCUT2D eigenvalue weighted by Crippen LogP contribution is 2.18. The molecule has 0 aromatic carbocycles. The van der Waals surface area contributed by atoms with Crippen molar-refractivity contribution in [2.45, 2.75) is 45.2 Å². The Kier molecular flexibility index (Phi) is 6.71. The molecule has 0 saturated carbocycles. The van der Waals surface area contributed by atoms with E-state index in [2.05, 4.69) is 19.2 Å². The maximum absolute atomic E-state index is 12.2. The van der Waals surface area contributed by atoms with E-state index in [0.717, 1.165) is 19.4 Å². The summed E-state index contributed by atoms with van der Waals surface area (Å²) >= 11 is 0. The first kappa shape index (κ1) is 17.2. The lowest BCUT2D eigenvalue weighted by Gasteiger charge is -2.14. The molecule has 0 amide bonds. The second-order valence-corrected chi connectivity index (χ2v) is 7.40. The smallest absolute Gasteiger partial charge is 0.276 e. The lowest BCUT2D eigenvalue weighted by molar-refractivity contribution is 0.375. The molecule has 1 aromatic heterocycles. The van der Waals surface area contributed by atoms with Gasteiger partial charge >= 0.3 is 0 Å². The van der Waals surface area contributed by atoms with Gasteiger partial charge in [0.1, 0.15) is 5.76 Å². The predicted octanol–water partition coefficient (Wildman–Crippen LogP) is 2.45. The Hall–Kier alpha value is -0.850. The van der Waals surface area contributed by atoms with Gasteiger partial charge in [-0.2, -0.15) is 4.31 Å². The fraction of sp³-hybridized carbons (Fsp3) is 0.714. The van der Waals surface area contributed by atoms with Gasteiger partial charge in [0.2, 0.25) is 5.09 Å². The quantitative estimate of drug-likeness (QED) is 0.761. The second kappa shape index (κ2) is 7.81. The maximum Gasteiger partial charge on any atom is 0.276 e. The first-order valence-electron chi connectivity index (χ1n) is 7.13. The van der Waals surface area contributed by atoms with E-state index in [9.17, 15) is 8.42 Å². The maximum atomic E-state index is 12.2. The van der Waals surface area contributed by atoms with Crippen LogP contribution in [0.5, 0.6) is 0 Å². The molecular weight excluding hydrogens is 276 g/mol. The van der Waals surface area contributed by atoms with Gasteiger partial charge in [0, 0.05) is 13.6 Å². The van der Waals surface area contributed by atoms with E-state index in [4.69, 9.17) is 4.42 Å². The molecule has 0 bridgehead atoms. The lowest BCUT2D eigenvalue weighted by Crippen LogP contribution is -2.27. The summed E-state index contributed by atoms with van der Waals surface area (Å²) in [6, 6.07) is 3.25. The van der Waals surface area contributed by atoms with E-state index in [1.54, 1.807) is 13.1 Å². The highest BCUT2D eigenvalue weighted by atomic mass is 32.2. The molecule has 1 N–H and O–H groups in total. The molecule has 1 aromatic rings. The molecule has 6 heteroatoms. The molecular formula is C14H26N2O3S. The molecule has 0 aliphatic carbocycles. The van der Waals surface area contributed by atoms with E-state index >= 15 is 0 Å². The van der Waals surface area contributed by atoms with Crippen LogP contribution in [0.4, 0.5) is 0 Å². The van der Waals surface area contributed by atoms with Crippen molar-refractivity contribution in [1.82, 2.24) is 9.62 Å². The van der Waals surface area contributed by atoms with E-state index in [1.807, 2.05) is 6.92 Å². The Morgan fingerprint density at radius 3 is 2.65 bits per heavy atom. The third-order valence-electron chi connectivity index (χ3n) is 2.98. The lowest BCUT2D eigenvalue weighted by atomic mass is 10.2. The van der Waals surface area contributed by atoms with Gasteiger partial charge in [-0.25, -0.2) is 8.42 Å². The van der Waals surface area contributed by atoms with Gasteiger partial charge in [0.25, 0.3) is 10.0 Å². The molecule has 0 unspecified atom stereocenters. The van der Waals surface area contributed by atoms with Gasteiger partial charge in [-0.05, 0) is 31.0 Å². The van der Waals surface area contributed by atoms with E-state index < -0.39 is 10.0 Å². The van der Waals surface area contributed by atoms with Crippen LogP contribution in [0.15, 0.2) is 21.6 Å². The normalized spacial score (nSPS) is 12.5. The number of sulfonamides is 1. The zero-order valence-corrected chi connectivity index (χ0v) is 13.7. The summed E-state index contributed by atoms with van der Waals surface area (Å²) < 4.78 is 31.3. The summed E-state index contributed by atoms with van der Waals surface area (Å²) in [4.78, 5) is 0. The highest BCUT2D eigenvalue weighted by Gasteiger charge is 2.23. The monoisotopic (exact) mass is 302 g/mol. The molecule has 116 valence electrons. The zero-order chi connectivity index (χ0) is 15.2. The van der Waals surface area contributed by atoms with Gasteiger partial charge < -0.3 is 9.73 Å².